The lowest BCUT2D eigenvalue weighted by atomic mass is 10.1. The number of rotatable bonds is 6. The maximum atomic E-state index is 5.91. The number of pyridine rings is 1. The van der Waals surface area contributed by atoms with E-state index in [1.807, 2.05) is 30.6 Å². The molecule has 0 unspecified atom stereocenters. The van der Waals surface area contributed by atoms with Gasteiger partial charge in [-0.2, -0.15) is 0 Å². The average molecular weight is 303 g/mol. The van der Waals surface area contributed by atoms with Crippen molar-refractivity contribution < 1.29 is 0 Å². The van der Waals surface area contributed by atoms with Crippen LogP contribution in [0.2, 0.25) is 0 Å². The zero-order chi connectivity index (χ0) is 15.9. The number of hydrogen-bond acceptors (Lipinski definition) is 3. The maximum Gasteiger partial charge on any atom is 0.0448 e. The van der Waals surface area contributed by atoms with E-state index in [0.29, 0.717) is 6.54 Å². The molecule has 0 aliphatic carbocycles. The highest BCUT2D eigenvalue weighted by molar-refractivity contribution is 5.53. The highest BCUT2D eigenvalue weighted by Crippen LogP contribution is 2.23. The van der Waals surface area contributed by atoms with Crippen molar-refractivity contribution in [2.45, 2.75) is 19.6 Å². The molecule has 1 aromatic heterocycles. The fourth-order valence-corrected chi connectivity index (χ4v) is 2.72. The van der Waals surface area contributed by atoms with Crippen LogP contribution in [0, 0.1) is 0 Å². The second kappa shape index (κ2) is 7.56. The van der Waals surface area contributed by atoms with E-state index in [4.69, 9.17) is 5.73 Å². The summed E-state index contributed by atoms with van der Waals surface area (Å²) in [5.41, 5.74) is 10.7. The molecule has 3 heteroatoms. The number of anilines is 1. The molecule has 0 atom stereocenters. The molecule has 3 nitrogen and oxygen atoms in total. The van der Waals surface area contributed by atoms with Gasteiger partial charge in [-0.05, 0) is 17.2 Å². The summed E-state index contributed by atoms with van der Waals surface area (Å²) < 4.78 is 0. The summed E-state index contributed by atoms with van der Waals surface area (Å²) in [4.78, 5) is 6.56. The van der Waals surface area contributed by atoms with Gasteiger partial charge in [-0.15, -0.1) is 0 Å². The minimum atomic E-state index is 0.489. The van der Waals surface area contributed by atoms with Crippen LogP contribution in [0.5, 0.6) is 0 Å². The third-order valence-corrected chi connectivity index (χ3v) is 3.87. The Morgan fingerprint density at radius 1 is 0.783 bits per heavy atom. The second-order valence-electron chi connectivity index (χ2n) is 5.54. The van der Waals surface area contributed by atoms with Crippen LogP contribution in [0.15, 0.2) is 79.1 Å². The third-order valence-electron chi connectivity index (χ3n) is 3.87. The second-order valence-corrected chi connectivity index (χ2v) is 5.54. The van der Waals surface area contributed by atoms with Gasteiger partial charge in [0.2, 0.25) is 0 Å². The van der Waals surface area contributed by atoms with E-state index in [-0.39, 0.29) is 0 Å². The first-order valence-corrected chi connectivity index (χ1v) is 7.82. The smallest absolute Gasteiger partial charge is 0.0448 e. The SMILES string of the molecule is NCc1cnccc1N(Cc1ccccc1)Cc1ccccc1. The van der Waals surface area contributed by atoms with Crippen molar-refractivity contribution in [2.24, 2.45) is 5.73 Å². The highest BCUT2D eigenvalue weighted by atomic mass is 15.1. The number of hydrogen-bond donors (Lipinski definition) is 1. The topological polar surface area (TPSA) is 42.1 Å². The van der Waals surface area contributed by atoms with Gasteiger partial charge in [0.15, 0.2) is 0 Å². The molecule has 2 aromatic carbocycles. The van der Waals surface area contributed by atoms with E-state index in [1.165, 1.54) is 11.1 Å². The van der Waals surface area contributed by atoms with Crippen molar-refractivity contribution in [3.63, 3.8) is 0 Å². The first kappa shape index (κ1) is 15.3. The average Bonchev–Trinajstić information content (AvgIpc) is 2.63. The fraction of sp³-hybridized carbons (Fsp3) is 0.150. The first-order valence-electron chi connectivity index (χ1n) is 7.82. The van der Waals surface area contributed by atoms with Crippen LogP contribution in [0.1, 0.15) is 16.7 Å². The normalized spacial score (nSPS) is 10.5. The quantitative estimate of drug-likeness (QED) is 0.754. The lowest BCUT2D eigenvalue weighted by molar-refractivity contribution is 0.789. The molecule has 3 aromatic rings. The van der Waals surface area contributed by atoms with Crippen LogP contribution in [-0.2, 0) is 19.6 Å². The molecule has 2 N–H and O–H groups in total. The van der Waals surface area contributed by atoms with Crippen LogP contribution in [0.25, 0.3) is 0 Å². The predicted molar refractivity (Wildman–Crippen MR) is 94.9 cm³/mol. The highest BCUT2D eigenvalue weighted by Gasteiger charge is 2.12. The first-order chi connectivity index (χ1) is 11.4. The Labute approximate surface area is 137 Å². The maximum absolute atomic E-state index is 5.91. The summed E-state index contributed by atoms with van der Waals surface area (Å²) in [5, 5.41) is 0. The minimum Gasteiger partial charge on any atom is -0.363 e. The van der Waals surface area contributed by atoms with Crippen molar-refractivity contribution in [3.8, 4) is 0 Å². The molecule has 3 rings (SSSR count). The van der Waals surface area contributed by atoms with E-state index in [0.717, 1.165) is 24.3 Å². The summed E-state index contributed by atoms with van der Waals surface area (Å²) >= 11 is 0. The molecule has 0 fully saturated rings. The van der Waals surface area contributed by atoms with Gasteiger partial charge in [0.1, 0.15) is 0 Å². The van der Waals surface area contributed by atoms with E-state index in [2.05, 4.69) is 58.4 Å². The van der Waals surface area contributed by atoms with Gasteiger partial charge in [-0.3, -0.25) is 4.98 Å². The van der Waals surface area contributed by atoms with Crippen LogP contribution < -0.4 is 10.6 Å². The zero-order valence-corrected chi connectivity index (χ0v) is 13.1. The molecule has 1 heterocycles. The van der Waals surface area contributed by atoms with E-state index >= 15 is 0 Å². The van der Waals surface area contributed by atoms with E-state index < -0.39 is 0 Å². The third kappa shape index (κ3) is 3.96. The summed E-state index contributed by atoms with van der Waals surface area (Å²) in [6.07, 6.45) is 3.69. The van der Waals surface area contributed by atoms with Gasteiger partial charge < -0.3 is 10.6 Å². The molecule has 0 bridgehead atoms. The lowest BCUT2D eigenvalue weighted by Gasteiger charge is -2.27. The molecule has 23 heavy (non-hydrogen) atoms. The molecule has 0 aliphatic heterocycles. The van der Waals surface area contributed by atoms with Crippen LogP contribution in [0.4, 0.5) is 5.69 Å². The van der Waals surface area contributed by atoms with Gasteiger partial charge in [0.05, 0.1) is 0 Å². The van der Waals surface area contributed by atoms with E-state index in [9.17, 15) is 0 Å². The summed E-state index contributed by atoms with van der Waals surface area (Å²) in [6.45, 7) is 2.17. The van der Waals surface area contributed by atoms with Gasteiger partial charge >= 0.3 is 0 Å². The molecular weight excluding hydrogens is 282 g/mol. The van der Waals surface area contributed by atoms with Gasteiger partial charge in [0, 0.05) is 43.3 Å². The molecular formula is C20H21N3. The number of nitrogens with zero attached hydrogens (tertiary/aromatic N) is 2. The van der Waals surface area contributed by atoms with Gasteiger partial charge in [-0.25, -0.2) is 0 Å². The van der Waals surface area contributed by atoms with Crippen molar-refractivity contribution in [1.29, 1.82) is 0 Å². The Morgan fingerprint density at radius 3 is 1.87 bits per heavy atom. The van der Waals surface area contributed by atoms with Crippen molar-refractivity contribution in [2.75, 3.05) is 4.90 Å². The number of nitrogens with two attached hydrogens (primary N) is 1. The minimum absolute atomic E-state index is 0.489. The molecule has 0 aliphatic rings. The molecule has 0 amide bonds. The van der Waals surface area contributed by atoms with Crippen LogP contribution in [0.3, 0.4) is 0 Å². The largest absolute Gasteiger partial charge is 0.363 e. The van der Waals surface area contributed by atoms with Crippen LogP contribution >= 0.6 is 0 Å². The number of aromatic nitrogens is 1. The van der Waals surface area contributed by atoms with Crippen LogP contribution in [-0.4, -0.2) is 4.98 Å². The van der Waals surface area contributed by atoms with Gasteiger partial charge in [-0.1, -0.05) is 60.7 Å². The summed E-state index contributed by atoms with van der Waals surface area (Å²) in [5.74, 6) is 0. The lowest BCUT2D eigenvalue weighted by Crippen LogP contribution is -2.24. The van der Waals surface area contributed by atoms with Crippen molar-refractivity contribution in [1.82, 2.24) is 4.98 Å². The Balaban J connectivity index is 1.92. The Bertz CT molecular complexity index is 685. The van der Waals surface area contributed by atoms with Crippen molar-refractivity contribution >= 4 is 5.69 Å². The standard InChI is InChI=1S/C20H21N3/c21-13-19-14-22-12-11-20(19)23(15-17-7-3-1-4-8-17)16-18-9-5-2-6-10-18/h1-12,14H,13,15-16,21H2. The molecule has 116 valence electrons. The molecule has 0 radical (unpaired) electrons. The monoisotopic (exact) mass is 303 g/mol. The zero-order valence-electron chi connectivity index (χ0n) is 13.1. The van der Waals surface area contributed by atoms with E-state index in [1.54, 1.807) is 0 Å². The molecule has 0 spiro atoms. The fourth-order valence-electron chi connectivity index (χ4n) is 2.72. The Morgan fingerprint density at radius 2 is 1.35 bits per heavy atom. The molecule has 0 saturated carbocycles. The predicted octanol–water partition coefficient (Wildman–Crippen LogP) is 3.75. The Kier molecular flexibility index (Phi) is 5.02. The van der Waals surface area contributed by atoms with Gasteiger partial charge in [0.25, 0.3) is 0 Å². The molecule has 0 saturated heterocycles. The summed E-state index contributed by atoms with van der Waals surface area (Å²) in [6, 6.07) is 23.1. The summed E-state index contributed by atoms with van der Waals surface area (Å²) in [7, 11) is 0. The number of benzene rings is 2. The van der Waals surface area contributed by atoms with Crippen molar-refractivity contribution in [3.05, 3.63) is 95.8 Å². The Hall–Kier alpha value is -2.65.